The lowest BCUT2D eigenvalue weighted by molar-refractivity contribution is 0.0976. The number of benzene rings is 2. The van der Waals surface area contributed by atoms with Crippen LogP contribution in [0.5, 0.6) is 0 Å². The van der Waals surface area contributed by atoms with Crippen LogP contribution in [-0.4, -0.2) is 54.0 Å². The standard InChI is InChI=1S/C28H28FN7O3/c29-22-12-19(17-4-5-17)11-18-6-7-36(27(39)25(18)22)23-3-1-2-20(21(23)15-38)26-32-24(33-28(30)34-26)10-16-13-31-35(14-16)8-9-37/h1-3,11-14,17,37-38H,4-10,15H2,(H2,30,32,33,34). The van der Waals surface area contributed by atoms with Gasteiger partial charge in [-0.15, -0.1) is 0 Å². The topological polar surface area (TPSA) is 143 Å². The van der Waals surface area contributed by atoms with Crippen LogP contribution in [0.4, 0.5) is 16.0 Å². The van der Waals surface area contributed by atoms with Gasteiger partial charge in [0.1, 0.15) is 11.6 Å². The van der Waals surface area contributed by atoms with Gasteiger partial charge in [-0.25, -0.2) is 9.37 Å². The Morgan fingerprint density at radius 3 is 2.74 bits per heavy atom. The molecule has 11 heteroatoms. The van der Waals surface area contributed by atoms with Crippen LogP contribution in [-0.2, 0) is 26.0 Å². The van der Waals surface area contributed by atoms with Crippen molar-refractivity contribution < 1.29 is 19.4 Å². The molecule has 4 N–H and O–H groups in total. The normalized spacial score (nSPS) is 15.1. The first kappa shape index (κ1) is 25.1. The molecule has 3 heterocycles. The number of carbonyl (C=O) groups is 1. The van der Waals surface area contributed by atoms with Gasteiger partial charge < -0.3 is 20.8 Å². The number of hydrogen-bond donors (Lipinski definition) is 3. The molecule has 200 valence electrons. The molecule has 2 aliphatic rings. The van der Waals surface area contributed by atoms with Gasteiger partial charge in [-0.2, -0.15) is 15.1 Å². The third-order valence-electron chi connectivity index (χ3n) is 7.22. The number of nitrogen functional groups attached to an aromatic ring is 1. The van der Waals surface area contributed by atoms with Crippen molar-refractivity contribution in [3.8, 4) is 11.4 Å². The maximum Gasteiger partial charge on any atom is 0.261 e. The highest BCUT2D eigenvalue weighted by Gasteiger charge is 2.33. The van der Waals surface area contributed by atoms with Gasteiger partial charge >= 0.3 is 0 Å². The molecule has 2 aromatic heterocycles. The second kappa shape index (κ2) is 10.2. The minimum Gasteiger partial charge on any atom is -0.394 e. The predicted molar refractivity (Wildman–Crippen MR) is 141 cm³/mol. The maximum absolute atomic E-state index is 15.1. The second-order valence-corrected chi connectivity index (χ2v) is 9.92. The van der Waals surface area contributed by atoms with Gasteiger partial charge in [-0.3, -0.25) is 9.48 Å². The highest BCUT2D eigenvalue weighted by molar-refractivity contribution is 6.09. The Labute approximate surface area is 224 Å². The first-order valence-corrected chi connectivity index (χ1v) is 12.9. The summed E-state index contributed by atoms with van der Waals surface area (Å²) in [5.41, 5.74) is 10.1. The van der Waals surface area contributed by atoms with Crippen molar-refractivity contribution >= 4 is 17.5 Å². The second-order valence-electron chi connectivity index (χ2n) is 9.92. The van der Waals surface area contributed by atoms with Crippen molar-refractivity contribution in [1.82, 2.24) is 24.7 Å². The van der Waals surface area contributed by atoms with E-state index in [9.17, 15) is 9.90 Å². The van der Waals surface area contributed by atoms with Crippen LogP contribution in [0.25, 0.3) is 11.4 Å². The fourth-order valence-corrected chi connectivity index (χ4v) is 5.22. The van der Waals surface area contributed by atoms with E-state index in [1.54, 1.807) is 35.3 Å². The molecule has 4 aromatic rings. The molecule has 0 atom stereocenters. The number of hydrogen-bond acceptors (Lipinski definition) is 8. The highest BCUT2D eigenvalue weighted by atomic mass is 19.1. The first-order chi connectivity index (χ1) is 18.9. The molecule has 2 aromatic carbocycles. The summed E-state index contributed by atoms with van der Waals surface area (Å²) in [6.07, 6.45) is 6.43. The van der Waals surface area contributed by atoms with Gasteiger partial charge in [0, 0.05) is 30.3 Å². The van der Waals surface area contributed by atoms with E-state index in [0.717, 1.165) is 29.5 Å². The minimum absolute atomic E-state index is 0.0172. The van der Waals surface area contributed by atoms with Crippen molar-refractivity contribution in [2.45, 2.75) is 44.8 Å². The number of rotatable bonds is 8. The predicted octanol–water partition coefficient (Wildman–Crippen LogP) is 2.61. The smallest absolute Gasteiger partial charge is 0.261 e. The number of nitrogens with zero attached hydrogens (tertiary/aromatic N) is 6. The lowest BCUT2D eigenvalue weighted by atomic mass is 9.93. The monoisotopic (exact) mass is 529 g/mol. The van der Waals surface area contributed by atoms with Crippen LogP contribution in [0, 0.1) is 5.82 Å². The molecule has 6 rings (SSSR count). The van der Waals surface area contributed by atoms with Crippen LogP contribution in [0.2, 0.25) is 0 Å². The molecule has 1 aliphatic heterocycles. The number of aromatic nitrogens is 5. The number of halogens is 1. The third-order valence-corrected chi connectivity index (χ3v) is 7.22. The average Bonchev–Trinajstić information content (AvgIpc) is 3.68. The van der Waals surface area contributed by atoms with Gasteiger partial charge in [0.05, 0.1) is 37.2 Å². The fraction of sp³-hybridized carbons (Fsp3) is 0.321. The summed E-state index contributed by atoms with van der Waals surface area (Å²) in [5, 5.41) is 23.7. The van der Waals surface area contributed by atoms with Gasteiger partial charge in [-0.05, 0) is 54.0 Å². The summed E-state index contributed by atoms with van der Waals surface area (Å²) in [6, 6.07) is 8.69. The number of fused-ring (bicyclic) bond motifs is 1. The van der Waals surface area contributed by atoms with Crippen molar-refractivity contribution in [2.75, 3.05) is 23.8 Å². The van der Waals surface area contributed by atoms with Crippen molar-refractivity contribution in [1.29, 1.82) is 0 Å². The Morgan fingerprint density at radius 2 is 1.97 bits per heavy atom. The SMILES string of the molecule is Nc1nc(Cc2cnn(CCO)c2)nc(-c2cccc(N3CCc4cc(C5CC5)cc(F)c4C3=O)c2CO)n1. The third kappa shape index (κ3) is 4.86. The van der Waals surface area contributed by atoms with E-state index in [4.69, 9.17) is 10.8 Å². The summed E-state index contributed by atoms with van der Waals surface area (Å²) in [5.74, 6) is 0.151. The molecule has 1 saturated carbocycles. The fourth-order valence-electron chi connectivity index (χ4n) is 5.22. The molecule has 0 spiro atoms. The quantitative estimate of drug-likeness (QED) is 0.316. The van der Waals surface area contributed by atoms with E-state index in [0.29, 0.717) is 54.5 Å². The molecule has 0 bridgehead atoms. The molecule has 0 radical (unpaired) electrons. The summed E-state index contributed by atoms with van der Waals surface area (Å²) in [7, 11) is 0. The van der Waals surface area contributed by atoms with Crippen LogP contribution in [0.15, 0.2) is 42.7 Å². The van der Waals surface area contributed by atoms with E-state index in [2.05, 4.69) is 20.1 Å². The number of nitrogens with two attached hydrogens (primary N) is 1. The zero-order valence-electron chi connectivity index (χ0n) is 21.2. The molecule has 0 saturated heterocycles. The maximum atomic E-state index is 15.1. The van der Waals surface area contributed by atoms with Crippen molar-refractivity contribution in [2.24, 2.45) is 0 Å². The van der Waals surface area contributed by atoms with Crippen molar-refractivity contribution in [3.63, 3.8) is 0 Å². The van der Waals surface area contributed by atoms with Gasteiger partial charge in [-0.1, -0.05) is 18.2 Å². The molecule has 39 heavy (non-hydrogen) atoms. The summed E-state index contributed by atoms with van der Waals surface area (Å²) < 4.78 is 16.8. The molecule has 1 aliphatic carbocycles. The number of anilines is 2. The lowest BCUT2D eigenvalue weighted by Crippen LogP contribution is -2.39. The van der Waals surface area contributed by atoms with E-state index in [1.807, 2.05) is 6.07 Å². The average molecular weight is 530 g/mol. The van der Waals surface area contributed by atoms with E-state index < -0.39 is 11.7 Å². The van der Waals surface area contributed by atoms with Crippen molar-refractivity contribution in [3.05, 3.63) is 82.2 Å². The van der Waals surface area contributed by atoms with Gasteiger partial charge in [0.2, 0.25) is 5.95 Å². The van der Waals surface area contributed by atoms with E-state index >= 15 is 4.39 Å². The van der Waals surface area contributed by atoms with Gasteiger partial charge in [0.15, 0.2) is 5.82 Å². The van der Waals surface area contributed by atoms with Crippen LogP contribution in [0.3, 0.4) is 0 Å². The lowest BCUT2D eigenvalue weighted by Gasteiger charge is -2.31. The number of aliphatic hydroxyl groups excluding tert-OH is 2. The largest absolute Gasteiger partial charge is 0.394 e. The Balaban J connectivity index is 1.33. The Bertz CT molecular complexity index is 1570. The summed E-state index contributed by atoms with van der Waals surface area (Å²) >= 11 is 0. The zero-order chi connectivity index (χ0) is 27.1. The Morgan fingerprint density at radius 1 is 1.13 bits per heavy atom. The number of aliphatic hydroxyl groups is 2. The van der Waals surface area contributed by atoms with E-state index in [-0.39, 0.29) is 30.5 Å². The Hall–Kier alpha value is -4.22. The first-order valence-electron chi connectivity index (χ1n) is 12.9. The summed E-state index contributed by atoms with van der Waals surface area (Å²) in [6.45, 7) is 0.324. The molecule has 1 fully saturated rings. The molecule has 0 unspecified atom stereocenters. The molecular weight excluding hydrogens is 501 g/mol. The number of carbonyl (C=O) groups excluding carboxylic acids is 1. The van der Waals surface area contributed by atoms with E-state index in [1.165, 1.54) is 11.0 Å². The van der Waals surface area contributed by atoms with Crippen LogP contribution >= 0.6 is 0 Å². The molecular formula is C28H28FN7O3. The number of amides is 1. The molecule has 10 nitrogen and oxygen atoms in total. The minimum atomic E-state index is -0.497. The van der Waals surface area contributed by atoms with Gasteiger partial charge in [0.25, 0.3) is 5.91 Å². The zero-order valence-corrected chi connectivity index (χ0v) is 21.2. The molecule has 1 amide bonds. The van der Waals surface area contributed by atoms with Crippen LogP contribution in [0.1, 0.15) is 57.2 Å². The highest BCUT2D eigenvalue weighted by Crippen LogP contribution is 2.42. The summed E-state index contributed by atoms with van der Waals surface area (Å²) in [4.78, 5) is 28.2. The Kier molecular flexibility index (Phi) is 6.53. The van der Waals surface area contributed by atoms with Crippen LogP contribution < -0.4 is 10.6 Å².